The van der Waals surface area contributed by atoms with Crippen LogP contribution in [0, 0.1) is 0 Å². The van der Waals surface area contributed by atoms with Gasteiger partial charge in [0.25, 0.3) is 0 Å². The van der Waals surface area contributed by atoms with Crippen LogP contribution in [0.2, 0.25) is 0 Å². The van der Waals surface area contributed by atoms with Crippen molar-refractivity contribution in [3.63, 3.8) is 0 Å². The van der Waals surface area contributed by atoms with Crippen LogP contribution in [0.3, 0.4) is 0 Å². The van der Waals surface area contributed by atoms with Crippen LogP contribution in [-0.2, 0) is 5.33 Å². The predicted octanol–water partition coefficient (Wildman–Crippen LogP) is 2.72. The molecule has 0 atom stereocenters. The molecule has 56 valence electrons. The number of fused-ring (bicyclic) bond motifs is 1. The number of hydrogen-bond donors (Lipinski definition) is 0. The molecule has 0 fully saturated rings. The van der Waals surface area contributed by atoms with E-state index in [-0.39, 0.29) is 29.8 Å². The summed E-state index contributed by atoms with van der Waals surface area (Å²) in [5.74, 6) is 0. The van der Waals surface area contributed by atoms with Gasteiger partial charge in [-0.3, -0.25) is 0 Å². The van der Waals surface area contributed by atoms with Crippen LogP contribution in [0.4, 0.5) is 0 Å². The lowest BCUT2D eigenvalue weighted by Crippen LogP contribution is -1.74. The minimum atomic E-state index is -0.301. The Kier molecular flexibility index (Phi) is 0.899. The molecule has 2 nitrogen and oxygen atoms in total. The van der Waals surface area contributed by atoms with Gasteiger partial charge in [-0.05, 0) is 12.1 Å². The van der Waals surface area contributed by atoms with Gasteiger partial charge in [-0.1, -0.05) is 33.2 Å². The van der Waals surface area contributed by atoms with E-state index in [4.69, 9.17) is 10.0 Å². The highest BCUT2D eigenvalue weighted by molar-refractivity contribution is 9.08. The Morgan fingerprint density at radius 3 is 3.18 bits per heavy atom. The first kappa shape index (κ1) is 3.72. The van der Waals surface area contributed by atoms with Crippen molar-refractivity contribution < 1.29 is 10.0 Å². The summed E-state index contributed by atoms with van der Waals surface area (Å²) in [4.78, 5) is 0. The topological polar surface area (TPSA) is 26.0 Å². The van der Waals surface area contributed by atoms with Crippen molar-refractivity contribution >= 4 is 26.9 Å². The van der Waals surface area contributed by atoms with Crippen molar-refractivity contribution in [1.82, 2.24) is 5.16 Å². The van der Waals surface area contributed by atoms with E-state index in [1.807, 2.05) is 0 Å². The van der Waals surface area contributed by atoms with Gasteiger partial charge in [0, 0.05) is 10.7 Å². The average molecular weight is 216 g/mol. The van der Waals surface area contributed by atoms with Crippen molar-refractivity contribution in [2.45, 2.75) is 5.33 Å². The van der Waals surface area contributed by atoms with Crippen LogP contribution >= 0.6 is 15.9 Å². The second kappa shape index (κ2) is 2.66. The summed E-state index contributed by atoms with van der Waals surface area (Å²) in [6.45, 7) is 0. The summed E-state index contributed by atoms with van der Waals surface area (Å²) in [5.41, 5.74) is 0.590. The van der Waals surface area contributed by atoms with Gasteiger partial charge in [-0.25, -0.2) is 0 Å². The van der Waals surface area contributed by atoms with E-state index in [1.54, 1.807) is 0 Å². The van der Waals surface area contributed by atoms with Crippen LogP contribution in [0.1, 0.15) is 11.2 Å². The molecule has 0 spiro atoms. The van der Waals surface area contributed by atoms with Crippen molar-refractivity contribution in [2.75, 3.05) is 0 Å². The zero-order valence-corrected chi connectivity index (χ0v) is 7.03. The zero-order valence-electron chi connectivity index (χ0n) is 9.44. The van der Waals surface area contributed by atoms with Gasteiger partial charge >= 0.3 is 0 Å². The summed E-state index contributed by atoms with van der Waals surface area (Å²) in [7, 11) is 0. The maximum atomic E-state index is 7.67. The minimum Gasteiger partial charge on any atom is -0.356 e. The predicted molar refractivity (Wildman–Crippen MR) is 46.6 cm³/mol. The van der Waals surface area contributed by atoms with Gasteiger partial charge in [0.15, 0.2) is 5.58 Å². The smallest absolute Gasteiger partial charge is 0.167 e. The fourth-order valence-electron chi connectivity index (χ4n) is 0.810. The number of halogens is 1. The molecule has 0 aliphatic rings. The first-order chi connectivity index (χ1) is 7.07. The number of rotatable bonds is 1. The Hall–Kier alpha value is -0.830. The summed E-state index contributed by atoms with van der Waals surface area (Å²) in [6.07, 6.45) is 0. The van der Waals surface area contributed by atoms with E-state index >= 15 is 0 Å². The fourth-order valence-corrected chi connectivity index (χ4v) is 1.19. The molecule has 0 saturated carbocycles. The van der Waals surface area contributed by atoms with E-state index < -0.39 is 0 Å². The highest BCUT2D eigenvalue weighted by atomic mass is 79.9. The molecule has 0 aliphatic carbocycles. The Morgan fingerprint density at radius 2 is 2.36 bits per heavy atom. The molecular formula is C8H6BrNO. The molecule has 2 aromatic rings. The molecule has 0 bridgehead atoms. The van der Waals surface area contributed by atoms with E-state index in [9.17, 15) is 0 Å². The van der Waals surface area contributed by atoms with E-state index in [2.05, 4.69) is 21.1 Å². The molecule has 1 aromatic heterocycles. The SMILES string of the molecule is [2H]c1c([2H])c([2H])c2c(CBr)noc2c1[2H]. The van der Waals surface area contributed by atoms with Crippen LogP contribution < -0.4 is 0 Å². The molecule has 0 unspecified atom stereocenters. The summed E-state index contributed by atoms with van der Waals surface area (Å²) >= 11 is 3.18. The average Bonchev–Trinajstić information content (AvgIpc) is 2.67. The molecule has 0 N–H and O–H groups in total. The molecule has 3 heteroatoms. The van der Waals surface area contributed by atoms with Crippen molar-refractivity contribution in [1.29, 1.82) is 0 Å². The van der Waals surface area contributed by atoms with Gasteiger partial charge in [0.05, 0.1) is 5.48 Å². The van der Waals surface area contributed by atoms with Crippen LogP contribution in [-0.4, -0.2) is 5.16 Å². The van der Waals surface area contributed by atoms with Crippen molar-refractivity contribution in [3.8, 4) is 0 Å². The molecule has 0 radical (unpaired) electrons. The zero-order chi connectivity index (χ0) is 11.2. The second-order valence-electron chi connectivity index (χ2n) is 1.97. The Morgan fingerprint density at radius 1 is 1.55 bits per heavy atom. The molecule has 1 aromatic carbocycles. The third kappa shape index (κ3) is 1.05. The number of aromatic nitrogens is 1. The van der Waals surface area contributed by atoms with Gasteiger partial charge in [0.1, 0.15) is 5.69 Å². The Bertz CT molecular complexity index is 539. The third-order valence-electron chi connectivity index (χ3n) is 1.32. The maximum Gasteiger partial charge on any atom is 0.167 e. The van der Waals surface area contributed by atoms with Gasteiger partial charge in [-0.2, -0.15) is 0 Å². The maximum absolute atomic E-state index is 7.67. The molecular weight excluding hydrogens is 206 g/mol. The lowest BCUT2D eigenvalue weighted by molar-refractivity contribution is 0.450. The molecule has 0 amide bonds. The second-order valence-corrected chi connectivity index (χ2v) is 2.53. The molecule has 1 heterocycles. The fraction of sp³-hybridized carbons (Fsp3) is 0.125. The summed E-state index contributed by atoms with van der Waals surface area (Å²) in [5, 5.41) is 4.43. The quantitative estimate of drug-likeness (QED) is 0.685. The highest BCUT2D eigenvalue weighted by Gasteiger charge is 2.03. The first-order valence-corrected chi connectivity index (χ1v) is 4.10. The molecule has 0 saturated heterocycles. The number of alkyl halides is 1. The van der Waals surface area contributed by atoms with Crippen molar-refractivity contribution in [3.05, 3.63) is 29.9 Å². The van der Waals surface area contributed by atoms with Gasteiger partial charge < -0.3 is 4.52 Å². The van der Waals surface area contributed by atoms with E-state index in [0.717, 1.165) is 0 Å². The van der Waals surface area contributed by atoms with E-state index in [1.165, 1.54) is 0 Å². The summed E-state index contributed by atoms with van der Waals surface area (Å²) < 4.78 is 35.1. The number of hydrogen-bond acceptors (Lipinski definition) is 2. The number of para-hydroxylation sites is 1. The van der Waals surface area contributed by atoms with Crippen molar-refractivity contribution in [2.24, 2.45) is 0 Å². The molecule has 0 aliphatic heterocycles. The van der Waals surface area contributed by atoms with Gasteiger partial charge in [-0.15, -0.1) is 0 Å². The van der Waals surface area contributed by atoms with Crippen LogP contribution in [0.15, 0.2) is 28.7 Å². The highest BCUT2D eigenvalue weighted by Crippen LogP contribution is 2.19. The Balaban J connectivity index is 2.97. The van der Waals surface area contributed by atoms with E-state index in [0.29, 0.717) is 16.4 Å². The summed E-state index contributed by atoms with van der Waals surface area (Å²) in [6, 6.07) is -0.866. The van der Waals surface area contributed by atoms with Gasteiger partial charge in [0.2, 0.25) is 0 Å². The Labute approximate surface area is 77.9 Å². The molecule has 11 heavy (non-hydrogen) atoms. The van der Waals surface area contributed by atoms with Crippen LogP contribution in [0.5, 0.6) is 0 Å². The normalized spacial score (nSPS) is 15.7. The van der Waals surface area contributed by atoms with Crippen LogP contribution in [0.25, 0.3) is 11.0 Å². The lowest BCUT2D eigenvalue weighted by Gasteiger charge is -1.84. The number of nitrogens with zero attached hydrogens (tertiary/aromatic N) is 1. The lowest BCUT2D eigenvalue weighted by atomic mass is 10.2. The number of benzene rings is 1. The third-order valence-corrected chi connectivity index (χ3v) is 1.85. The minimum absolute atomic E-state index is 0.107. The largest absolute Gasteiger partial charge is 0.356 e. The monoisotopic (exact) mass is 215 g/mol. The first-order valence-electron chi connectivity index (χ1n) is 4.98. The molecule has 2 rings (SSSR count). The standard InChI is InChI=1S/C8H6BrNO/c9-5-7-6-3-1-2-4-8(6)11-10-7/h1-4H,5H2/i1D,2D,3D,4D.